The van der Waals surface area contributed by atoms with Crippen molar-refractivity contribution in [3.05, 3.63) is 30.2 Å². The molecule has 2 aromatic rings. The van der Waals surface area contributed by atoms with Crippen LogP contribution in [0.5, 0.6) is 0 Å². The van der Waals surface area contributed by atoms with Gasteiger partial charge >= 0.3 is 6.18 Å². The summed E-state index contributed by atoms with van der Waals surface area (Å²) in [5.41, 5.74) is -0.399. The zero-order valence-corrected chi connectivity index (χ0v) is 6.21. The van der Waals surface area contributed by atoms with Crippen molar-refractivity contribution in [3.8, 4) is 0 Å². The van der Waals surface area contributed by atoms with Crippen LogP contribution in [0.4, 0.5) is 13.2 Å². The first-order chi connectivity index (χ1) is 6.07. The summed E-state index contributed by atoms with van der Waals surface area (Å²) in [7, 11) is 0. The van der Waals surface area contributed by atoms with Gasteiger partial charge in [-0.3, -0.25) is 4.40 Å². The highest BCUT2D eigenvalue weighted by atomic mass is 19.4. The van der Waals surface area contributed by atoms with Crippen LogP contribution in [0.2, 0.25) is 0 Å². The van der Waals surface area contributed by atoms with Gasteiger partial charge in [0.25, 0.3) is 0 Å². The third-order valence-electron chi connectivity index (χ3n) is 1.56. The van der Waals surface area contributed by atoms with Crippen LogP contribution in [0.25, 0.3) is 5.65 Å². The number of hydrogen-bond donors (Lipinski definition) is 0. The van der Waals surface area contributed by atoms with E-state index < -0.39 is 11.7 Å². The standard InChI is InChI=1S/C7H3F3N3/c8-7(9,10)5-1-2-6-12-11-4-13(6)3-5/h1-3H. The Bertz CT molecular complexity index is 432. The minimum absolute atomic E-state index is 0.341. The number of rotatable bonds is 0. The second kappa shape index (κ2) is 2.45. The van der Waals surface area contributed by atoms with E-state index in [0.717, 1.165) is 16.7 Å². The van der Waals surface area contributed by atoms with Crippen LogP contribution in [0, 0.1) is 6.33 Å². The molecule has 0 aliphatic rings. The first-order valence-electron chi connectivity index (χ1n) is 3.37. The molecule has 2 rings (SSSR count). The second-order valence-electron chi connectivity index (χ2n) is 2.44. The summed E-state index contributed by atoms with van der Waals surface area (Å²) in [6, 6.07) is 2.20. The molecule has 0 aromatic carbocycles. The fraction of sp³-hybridized carbons (Fsp3) is 0.143. The number of hydrogen-bond acceptors (Lipinski definition) is 2. The van der Waals surface area contributed by atoms with Gasteiger partial charge in [0.2, 0.25) is 6.33 Å². The van der Waals surface area contributed by atoms with Crippen LogP contribution in [-0.4, -0.2) is 14.6 Å². The molecule has 0 saturated carbocycles. The molecule has 0 aliphatic heterocycles. The van der Waals surface area contributed by atoms with Crippen molar-refractivity contribution >= 4 is 5.65 Å². The molecule has 2 aromatic heterocycles. The summed E-state index contributed by atoms with van der Waals surface area (Å²) in [6.45, 7) is 0. The van der Waals surface area contributed by atoms with Gasteiger partial charge in [0.05, 0.1) is 5.56 Å². The summed E-state index contributed by atoms with van der Waals surface area (Å²) < 4.78 is 37.6. The molecular weight excluding hydrogens is 183 g/mol. The van der Waals surface area contributed by atoms with Gasteiger partial charge in [-0.1, -0.05) is 0 Å². The van der Waals surface area contributed by atoms with E-state index in [-0.39, 0.29) is 0 Å². The van der Waals surface area contributed by atoms with E-state index in [4.69, 9.17) is 0 Å². The molecule has 6 heteroatoms. The lowest BCUT2D eigenvalue weighted by Gasteiger charge is -2.05. The Balaban J connectivity index is 2.61. The lowest BCUT2D eigenvalue weighted by atomic mass is 10.3. The van der Waals surface area contributed by atoms with Gasteiger partial charge in [-0.05, 0) is 12.1 Å². The zero-order chi connectivity index (χ0) is 9.47. The molecule has 0 bridgehead atoms. The average molecular weight is 186 g/mol. The number of fused-ring (bicyclic) bond motifs is 1. The van der Waals surface area contributed by atoms with Crippen LogP contribution < -0.4 is 0 Å². The molecular formula is C7H3F3N3. The van der Waals surface area contributed by atoms with Gasteiger partial charge in [-0.15, -0.1) is 10.2 Å². The van der Waals surface area contributed by atoms with Crippen molar-refractivity contribution in [2.24, 2.45) is 0 Å². The van der Waals surface area contributed by atoms with E-state index >= 15 is 0 Å². The predicted molar refractivity (Wildman–Crippen MR) is 36.8 cm³/mol. The van der Waals surface area contributed by atoms with Gasteiger partial charge < -0.3 is 0 Å². The number of nitrogens with zero attached hydrogens (tertiary/aromatic N) is 3. The van der Waals surface area contributed by atoms with E-state index in [1.54, 1.807) is 0 Å². The fourth-order valence-corrected chi connectivity index (χ4v) is 0.944. The molecule has 0 spiro atoms. The highest BCUT2D eigenvalue weighted by Gasteiger charge is 2.30. The third-order valence-corrected chi connectivity index (χ3v) is 1.56. The Morgan fingerprint density at radius 3 is 2.77 bits per heavy atom. The smallest absolute Gasteiger partial charge is 0.279 e. The lowest BCUT2D eigenvalue weighted by molar-refractivity contribution is -0.137. The highest BCUT2D eigenvalue weighted by Crippen LogP contribution is 2.28. The Labute approximate surface area is 70.8 Å². The molecule has 2 heterocycles. The monoisotopic (exact) mass is 186 g/mol. The molecule has 3 nitrogen and oxygen atoms in total. The normalized spacial score (nSPS) is 12.2. The topological polar surface area (TPSA) is 30.2 Å². The van der Waals surface area contributed by atoms with Crippen molar-refractivity contribution in [2.45, 2.75) is 6.18 Å². The summed E-state index contributed by atoms with van der Waals surface area (Å²) in [4.78, 5) is 0. The second-order valence-corrected chi connectivity index (χ2v) is 2.44. The number of pyridine rings is 1. The van der Waals surface area contributed by atoms with Crippen molar-refractivity contribution in [1.29, 1.82) is 0 Å². The lowest BCUT2D eigenvalue weighted by Crippen LogP contribution is -2.05. The van der Waals surface area contributed by atoms with Gasteiger partial charge in [-0.25, -0.2) is 0 Å². The Morgan fingerprint density at radius 2 is 2.08 bits per heavy atom. The van der Waals surface area contributed by atoms with E-state index in [1.807, 2.05) is 0 Å². The molecule has 13 heavy (non-hydrogen) atoms. The minimum atomic E-state index is -4.34. The molecule has 0 N–H and O–H groups in total. The van der Waals surface area contributed by atoms with E-state index in [2.05, 4.69) is 16.5 Å². The first-order valence-corrected chi connectivity index (χ1v) is 3.37. The van der Waals surface area contributed by atoms with Gasteiger partial charge in [0, 0.05) is 6.20 Å². The Kier molecular flexibility index (Phi) is 1.51. The Morgan fingerprint density at radius 1 is 1.31 bits per heavy atom. The fourth-order valence-electron chi connectivity index (χ4n) is 0.944. The maximum absolute atomic E-state index is 12.2. The number of halogens is 3. The average Bonchev–Trinajstić information content (AvgIpc) is 2.47. The number of aromatic nitrogens is 3. The van der Waals surface area contributed by atoms with E-state index in [0.29, 0.717) is 5.65 Å². The van der Waals surface area contributed by atoms with Crippen molar-refractivity contribution in [2.75, 3.05) is 0 Å². The largest absolute Gasteiger partial charge is 0.417 e. The van der Waals surface area contributed by atoms with Crippen LogP contribution in [0.1, 0.15) is 5.56 Å². The maximum atomic E-state index is 12.2. The van der Waals surface area contributed by atoms with Crippen LogP contribution in [0.3, 0.4) is 0 Å². The Hall–Kier alpha value is -1.59. The summed E-state index contributed by atoms with van der Waals surface area (Å²) in [6.07, 6.45) is -1.16. The highest BCUT2D eigenvalue weighted by molar-refractivity contribution is 5.38. The summed E-state index contributed by atoms with van der Waals surface area (Å²) in [5.74, 6) is 0. The van der Waals surface area contributed by atoms with Crippen molar-refractivity contribution < 1.29 is 13.2 Å². The maximum Gasteiger partial charge on any atom is 0.417 e. The van der Waals surface area contributed by atoms with Crippen LogP contribution in [0.15, 0.2) is 18.3 Å². The molecule has 0 aliphatic carbocycles. The molecule has 0 saturated heterocycles. The molecule has 67 valence electrons. The van der Waals surface area contributed by atoms with E-state index in [9.17, 15) is 13.2 Å². The van der Waals surface area contributed by atoms with Gasteiger partial charge in [0.1, 0.15) is 0 Å². The summed E-state index contributed by atoms with van der Waals surface area (Å²) >= 11 is 0. The predicted octanol–water partition coefficient (Wildman–Crippen LogP) is 1.55. The van der Waals surface area contributed by atoms with Gasteiger partial charge in [-0.2, -0.15) is 13.2 Å². The minimum Gasteiger partial charge on any atom is -0.279 e. The number of alkyl halides is 3. The SMILES string of the molecule is FC(F)(F)c1ccc2nn[c]n2c1. The molecule has 1 radical (unpaired) electrons. The molecule has 0 amide bonds. The molecule has 0 unspecified atom stereocenters. The summed E-state index contributed by atoms with van der Waals surface area (Å²) in [5, 5.41) is 6.88. The molecule has 0 fully saturated rings. The quantitative estimate of drug-likeness (QED) is 0.624. The van der Waals surface area contributed by atoms with Crippen molar-refractivity contribution in [3.63, 3.8) is 0 Å². The van der Waals surface area contributed by atoms with Crippen LogP contribution >= 0.6 is 0 Å². The van der Waals surface area contributed by atoms with Crippen LogP contribution in [-0.2, 0) is 6.18 Å². The van der Waals surface area contributed by atoms with Crippen molar-refractivity contribution in [1.82, 2.24) is 14.6 Å². The van der Waals surface area contributed by atoms with Gasteiger partial charge in [0.15, 0.2) is 5.65 Å². The van der Waals surface area contributed by atoms with E-state index in [1.165, 1.54) is 6.07 Å². The zero-order valence-electron chi connectivity index (χ0n) is 6.21. The molecule has 0 atom stereocenters. The first kappa shape index (κ1) is 8.03. The third kappa shape index (κ3) is 1.34.